The number of morpholine rings is 1. The molecule has 1 N–H and O–H groups in total. The largest absolute Gasteiger partial charge is 0.366 e. The molecule has 0 aliphatic carbocycles. The molecular weight excluding hydrogens is 310 g/mol. The zero-order valence-corrected chi connectivity index (χ0v) is 13.8. The van der Waals surface area contributed by atoms with Crippen LogP contribution >= 0.6 is 0 Å². The first-order valence-electron chi connectivity index (χ1n) is 8.07. The predicted molar refractivity (Wildman–Crippen MR) is 86.4 cm³/mol. The molecule has 0 radical (unpaired) electrons. The van der Waals surface area contributed by atoms with Crippen LogP contribution in [0.1, 0.15) is 31.6 Å². The van der Waals surface area contributed by atoms with Crippen LogP contribution in [0.25, 0.3) is 0 Å². The normalized spacial score (nSPS) is 17.8. The summed E-state index contributed by atoms with van der Waals surface area (Å²) in [5.74, 6) is 1.49. The fourth-order valence-corrected chi connectivity index (χ4v) is 2.55. The van der Waals surface area contributed by atoms with E-state index in [9.17, 15) is 4.79 Å². The first kappa shape index (κ1) is 16.3. The van der Waals surface area contributed by atoms with Gasteiger partial charge in [0.1, 0.15) is 18.3 Å². The van der Waals surface area contributed by atoms with Crippen molar-refractivity contribution in [3.05, 3.63) is 30.4 Å². The number of nitrogens with one attached hydrogen (secondary N) is 1. The van der Waals surface area contributed by atoms with Gasteiger partial charge >= 0.3 is 6.03 Å². The number of carbonyl (C=O) groups excluding carboxylic acids is 1. The predicted octanol–water partition coefficient (Wildman–Crippen LogP) is 1.26. The second-order valence-corrected chi connectivity index (χ2v) is 5.45. The summed E-state index contributed by atoms with van der Waals surface area (Å²) < 4.78 is 7.68. The van der Waals surface area contributed by atoms with Crippen molar-refractivity contribution < 1.29 is 9.53 Å². The number of urea groups is 1. The number of anilines is 1. The third-order valence-electron chi connectivity index (χ3n) is 3.90. The Morgan fingerprint density at radius 1 is 1.38 bits per heavy atom. The molecule has 0 spiro atoms. The lowest BCUT2D eigenvalue weighted by atomic mass is 10.2. The molecule has 0 unspecified atom stereocenters. The third kappa shape index (κ3) is 3.51. The molecular formula is C15H21N7O2. The Morgan fingerprint density at radius 3 is 2.88 bits per heavy atom. The zero-order chi connectivity index (χ0) is 16.9. The van der Waals surface area contributed by atoms with E-state index in [4.69, 9.17) is 4.74 Å². The Morgan fingerprint density at radius 2 is 2.17 bits per heavy atom. The minimum absolute atomic E-state index is 0.196. The number of carbonyl (C=O) groups is 1. The highest BCUT2D eigenvalue weighted by molar-refractivity contribution is 5.89. The first-order valence-corrected chi connectivity index (χ1v) is 8.07. The molecule has 1 saturated heterocycles. The van der Waals surface area contributed by atoms with Crippen molar-refractivity contribution in [3.63, 3.8) is 0 Å². The molecule has 128 valence electrons. The maximum absolute atomic E-state index is 12.5. The number of hydrogen-bond acceptors (Lipinski definition) is 6. The Balaban J connectivity index is 1.64. The molecule has 9 nitrogen and oxygen atoms in total. The van der Waals surface area contributed by atoms with Crippen LogP contribution < -0.4 is 5.32 Å². The Bertz CT molecular complexity index is 685. The second-order valence-electron chi connectivity index (χ2n) is 5.45. The van der Waals surface area contributed by atoms with E-state index in [0.29, 0.717) is 25.4 Å². The number of rotatable bonds is 4. The number of aromatic nitrogens is 5. The van der Waals surface area contributed by atoms with Gasteiger partial charge in [0.15, 0.2) is 5.82 Å². The molecule has 24 heavy (non-hydrogen) atoms. The summed E-state index contributed by atoms with van der Waals surface area (Å²) in [7, 11) is 0. The highest BCUT2D eigenvalue weighted by atomic mass is 16.5. The van der Waals surface area contributed by atoms with Crippen molar-refractivity contribution in [1.82, 2.24) is 29.6 Å². The minimum atomic E-state index is -0.273. The van der Waals surface area contributed by atoms with Gasteiger partial charge in [-0.05, 0) is 6.92 Å². The average Bonchev–Trinajstić information content (AvgIpc) is 3.11. The van der Waals surface area contributed by atoms with Crippen LogP contribution in [0.5, 0.6) is 0 Å². The Kier molecular flexibility index (Phi) is 4.99. The topological polar surface area (TPSA) is 98.1 Å². The molecule has 2 amide bonds. The molecule has 2 aromatic heterocycles. The molecule has 1 aliphatic heterocycles. The van der Waals surface area contributed by atoms with Gasteiger partial charge < -0.3 is 19.5 Å². The van der Waals surface area contributed by atoms with Crippen molar-refractivity contribution >= 4 is 11.7 Å². The molecule has 3 heterocycles. The van der Waals surface area contributed by atoms with Gasteiger partial charge in [-0.2, -0.15) is 0 Å². The van der Waals surface area contributed by atoms with Crippen molar-refractivity contribution in [2.45, 2.75) is 32.9 Å². The van der Waals surface area contributed by atoms with Crippen molar-refractivity contribution in [3.8, 4) is 0 Å². The van der Waals surface area contributed by atoms with E-state index < -0.39 is 0 Å². The quantitative estimate of drug-likeness (QED) is 0.905. The van der Waals surface area contributed by atoms with Crippen LogP contribution in [-0.2, 0) is 17.7 Å². The SMILES string of the molecule is CCc1ncc(NC(=O)N2CCO[C@H](c3nncn3CC)C2)cn1. The van der Waals surface area contributed by atoms with Crippen molar-refractivity contribution in [1.29, 1.82) is 0 Å². The number of nitrogens with zero attached hydrogens (tertiary/aromatic N) is 6. The summed E-state index contributed by atoms with van der Waals surface area (Å²) in [6.07, 6.45) is 5.40. The highest BCUT2D eigenvalue weighted by Gasteiger charge is 2.28. The van der Waals surface area contributed by atoms with Crippen LogP contribution in [0.4, 0.5) is 10.5 Å². The summed E-state index contributed by atoms with van der Waals surface area (Å²) in [5.41, 5.74) is 0.581. The summed E-state index contributed by atoms with van der Waals surface area (Å²) >= 11 is 0. The van der Waals surface area contributed by atoms with Crippen LogP contribution in [0.3, 0.4) is 0 Å². The summed E-state index contributed by atoms with van der Waals surface area (Å²) in [6.45, 7) is 6.17. The van der Waals surface area contributed by atoms with Crippen LogP contribution in [0, 0.1) is 0 Å². The van der Waals surface area contributed by atoms with Gasteiger partial charge in [-0.25, -0.2) is 14.8 Å². The smallest absolute Gasteiger partial charge is 0.322 e. The highest BCUT2D eigenvalue weighted by Crippen LogP contribution is 2.21. The molecule has 1 atom stereocenters. The fraction of sp³-hybridized carbons (Fsp3) is 0.533. The molecule has 3 rings (SSSR count). The molecule has 0 saturated carbocycles. The van der Waals surface area contributed by atoms with E-state index in [2.05, 4.69) is 25.5 Å². The molecule has 0 bridgehead atoms. The van der Waals surface area contributed by atoms with E-state index in [0.717, 1.165) is 24.6 Å². The van der Waals surface area contributed by atoms with E-state index in [1.54, 1.807) is 23.6 Å². The third-order valence-corrected chi connectivity index (χ3v) is 3.90. The lowest BCUT2D eigenvalue weighted by molar-refractivity contribution is -0.0199. The maximum Gasteiger partial charge on any atom is 0.322 e. The number of aryl methyl sites for hydroxylation is 2. The number of hydrogen-bond donors (Lipinski definition) is 1. The lowest BCUT2D eigenvalue weighted by Crippen LogP contribution is -2.45. The monoisotopic (exact) mass is 331 g/mol. The maximum atomic E-state index is 12.5. The Labute approximate surface area is 140 Å². The van der Waals surface area contributed by atoms with Gasteiger partial charge in [0.25, 0.3) is 0 Å². The van der Waals surface area contributed by atoms with E-state index in [-0.39, 0.29) is 12.1 Å². The number of amides is 2. The lowest BCUT2D eigenvalue weighted by Gasteiger charge is -2.32. The standard InChI is InChI=1S/C15H21N7O2/c1-3-13-16-7-11(8-17-13)19-15(23)22-5-6-24-12(9-22)14-20-18-10-21(14)4-2/h7-8,10,12H,3-6,9H2,1-2H3,(H,19,23)/t12-/m0/s1. The zero-order valence-electron chi connectivity index (χ0n) is 13.8. The Hall–Kier alpha value is -2.55. The summed E-state index contributed by atoms with van der Waals surface area (Å²) in [6, 6.07) is -0.196. The van der Waals surface area contributed by atoms with Gasteiger partial charge in [-0.3, -0.25) is 0 Å². The molecule has 9 heteroatoms. The fourth-order valence-electron chi connectivity index (χ4n) is 2.55. The first-order chi connectivity index (χ1) is 11.7. The average molecular weight is 331 g/mol. The van der Waals surface area contributed by atoms with Crippen molar-refractivity contribution in [2.24, 2.45) is 0 Å². The van der Waals surface area contributed by atoms with Gasteiger partial charge in [0.05, 0.1) is 31.2 Å². The van der Waals surface area contributed by atoms with E-state index in [1.165, 1.54) is 0 Å². The van der Waals surface area contributed by atoms with E-state index >= 15 is 0 Å². The van der Waals surface area contributed by atoms with Crippen LogP contribution in [0.15, 0.2) is 18.7 Å². The molecule has 1 fully saturated rings. The van der Waals surface area contributed by atoms with Gasteiger partial charge in [-0.1, -0.05) is 6.92 Å². The van der Waals surface area contributed by atoms with Gasteiger partial charge in [0.2, 0.25) is 0 Å². The van der Waals surface area contributed by atoms with E-state index in [1.807, 2.05) is 18.4 Å². The number of ether oxygens (including phenoxy) is 1. The summed E-state index contributed by atoms with van der Waals surface area (Å²) in [5, 5.41) is 10.9. The molecule has 0 aromatic carbocycles. The summed E-state index contributed by atoms with van der Waals surface area (Å²) in [4.78, 5) is 22.5. The van der Waals surface area contributed by atoms with Gasteiger partial charge in [-0.15, -0.1) is 10.2 Å². The molecule has 2 aromatic rings. The van der Waals surface area contributed by atoms with Crippen LogP contribution in [0.2, 0.25) is 0 Å². The minimum Gasteiger partial charge on any atom is -0.366 e. The van der Waals surface area contributed by atoms with Crippen LogP contribution in [-0.4, -0.2) is 55.4 Å². The second kappa shape index (κ2) is 7.35. The van der Waals surface area contributed by atoms with Crippen molar-refractivity contribution in [2.75, 3.05) is 25.0 Å². The van der Waals surface area contributed by atoms with Gasteiger partial charge in [0, 0.05) is 19.5 Å². The molecule has 1 aliphatic rings.